The van der Waals surface area contributed by atoms with Gasteiger partial charge in [0.2, 0.25) is 5.91 Å². The van der Waals surface area contributed by atoms with Crippen molar-refractivity contribution in [3.63, 3.8) is 0 Å². The molecule has 0 aliphatic heterocycles. The van der Waals surface area contributed by atoms with Gasteiger partial charge in [0, 0.05) is 16.5 Å². The van der Waals surface area contributed by atoms with Crippen molar-refractivity contribution < 1.29 is 4.79 Å². The molecular formula is C12H15ClN2OS. The number of amides is 1. The summed E-state index contributed by atoms with van der Waals surface area (Å²) >= 11 is 7.52. The average molecular weight is 271 g/mol. The number of hydrogen-bond donors (Lipinski definition) is 1. The molecule has 1 N–H and O–H groups in total. The van der Waals surface area contributed by atoms with Crippen molar-refractivity contribution in [1.29, 1.82) is 0 Å². The number of thioether (sulfide) groups is 1. The van der Waals surface area contributed by atoms with E-state index in [9.17, 15) is 4.79 Å². The van der Waals surface area contributed by atoms with E-state index in [1.54, 1.807) is 0 Å². The largest absolute Gasteiger partial charge is 0.272 e. The molecular weight excluding hydrogens is 256 g/mol. The van der Waals surface area contributed by atoms with Gasteiger partial charge in [-0.15, -0.1) is 11.8 Å². The number of nitrogens with zero attached hydrogens (tertiary/aromatic N) is 1. The van der Waals surface area contributed by atoms with E-state index in [1.165, 1.54) is 11.8 Å². The maximum Gasteiger partial charge on any atom is 0.250 e. The van der Waals surface area contributed by atoms with Gasteiger partial charge >= 0.3 is 0 Å². The second-order valence-corrected chi connectivity index (χ2v) is 5.07. The van der Waals surface area contributed by atoms with Gasteiger partial charge in [-0.3, -0.25) is 4.79 Å². The second kappa shape index (κ2) is 7.35. The maximum atomic E-state index is 11.4. The number of rotatable bonds is 5. The van der Waals surface area contributed by atoms with Crippen LogP contribution in [0.1, 0.15) is 19.4 Å². The Hall–Kier alpha value is -1.00. The van der Waals surface area contributed by atoms with E-state index in [0.717, 1.165) is 22.1 Å². The third-order valence-electron chi connectivity index (χ3n) is 1.85. The van der Waals surface area contributed by atoms with Crippen LogP contribution in [0, 0.1) is 0 Å². The summed E-state index contributed by atoms with van der Waals surface area (Å²) in [5.74, 6) is 1.01. The molecule has 0 heterocycles. The molecule has 0 saturated carbocycles. The zero-order chi connectivity index (χ0) is 12.7. The predicted octanol–water partition coefficient (Wildman–Crippen LogP) is 3.09. The highest BCUT2D eigenvalue weighted by molar-refractivity contribution is 7.99. The third-order valence-corrected chi connectivity index (χ3v) is 3.20. The van der Waals surface area contributed by atoms with Crippen molar-refractivity contribution in [2.75, 3.05) is 5.75 Å². The molecule has 3 nitrogen and oxygen atoms in total. The summed E-state index contributed by atoms with van der Waals surface area (Å²) < 4.78 is 0. The fraction of sp³-hybridized carbons (Fsp3) is 0.333. The van der Waals surface area contributed by atoms with Gasteiger partial charge in [0.1, 0.15) is 0 Å². The van der Waals surface area contributed by atoms with Gasteiger partial charge in [-0.05, 0) is 25.5 Å². The first-order valence-corrected chi connectivity index (χ1v) is 6.73. The fourth-order valence-electron chi connectivity index (χ4n) is 1.08. The van der Waals surface area contributed by atoms with Gasteiger partial charge in [-0.1, -0.05) is 29.8 Å². The number of nitrogens with one attached hydrogen (secondary N) is 1. The molecule has 92 valence electrons. The zero-order valence-electron chi connectivity index (χ0n) is 9.87. The van der Waals surface area contributed by atoms with Crippen molar-refractivity contribution in [1.82, 2.24) is 5.43 Å². The fourth-order valence-corrected chi connectivity index (χ4v) is 2.18. The number of halogens is 1. The molecule has 0 aliphatic carbocycles. The van der Waals surface area contributed by atoms with Crippen molar-refractivity contribution in [3.05, 3.63) is 34.9 Å². The smallest absolute Gasteiger partial charge is 0.250 e. The molecule has 1 aromatic rings. The lowest BCUT2D eigenvalue weighted by Crippen LogP contribution is -2.20. The topological polar surface area (TPSA) is 41.5 Å². The Morgan fingerprint density at radius 2 is 2.12 bits per heavy atom. The summed E-state index contributed by atoms with van der Waals surface area (Å²) in [6, 6.07) is 7.64. The first kappa shape index (κ1) is 14.1. The molecule has 0 saturated heterocycles. The van der Waals surface area contributed by atoms with E-state index in [0.29, 0.717) is 5.75 Å². The summed E-state index contributed by atoms with van der Waals surface area (Å²) in [4.78, 5) is 11.4. The highest BCUT2D eigenvalue weighted by atomic mass is 35.5. The Kier molecular flexibility index (Phi) is 6.08. The minimum Gasteiger partial charge on any atom is -0.272 e. The third kappa shape index (κ3) is 5.75. The molecule has 1 rings (SSSR count). The SMILES string of the molecule is CC(C)=NNC(=O)CSCc1ccccc1Cl. The summed E-state index contributed by atoms with van der Waals surface area (Å²) in [6.07, 6.45) is 0. The number of hydrogen-bond acceptors (Lipinski definition) is 3. The molecule has 1 aromatic carbocycles. The molecule has 0 unspecified atom stereocenters. The van der Waals surface area contributed by atoms with Gasteiger partial charge in [0.05, 0.1) is 5.75 Å². The van der Waals surface area contributed by atoms with Crippen LogP contribution >= 0.6 is 23.4 Å². The molecule has 5 heteroatoms. The number of carbonyl (C=O) groups excluding carboxylic acids is 1. The molecule has 0 aliphatic rings. The second-order valence-electron chi connectivity index (χ2n) is 3.68. The van der Waals surface area contributed by atoms with Gasteiger partial charge in [0.25, 0.3) is 0 Å². The Bertz CT molecular complexity index is 417. The van der Waals surface area contributed by atoms with Crippen LogP contribution in [0.15, 0.2) is 29.4 Å². The quantitative estimate of drug-likeness (QED) is 0.660. The van der Waals surface area contributed by atoms with Crippen LogP contribution in [0.4, 0.5) is 0 Å². The average Bonchev–Trinajstić information content (AvgIpc) is 2.29. The van der Waals surface area contributed by atoms with E-state index < -0.39 is 0 Å². The lowest BCUT2D eigenvalue weighted by atomic mass is 10.2. The Morgan fingerprint density at radius 3 is 2.76 bits per heavy atom. The number of benzene rings is 1. The van der Waals surface area contributed by atoms with E-state index >= 15 is 0 Å². The van der Waals surface area contributed by atoms with Gasteiger partial charge < -0.3 is 0 Å². The van der Waals surface area contributed by atoms with Gasteiger partial charge in [-0.2, -0.15) is 5.10 Å². The van der Waals surface area contributed by atoms with Crippen molar-refractivity contribution in [2.45, 2.75) is 19.6 Å². The summed E-state index contributed by atoms with van der Waals surface area (Å²) in [7, 11) is 0. The summed E-state index contributed by atoms with van der Waals surface area (Å²) in [5.41, 5.74) is 4.35. The van der Waals surface area contributed by atoms with E-state index in [1.807, 2.05) is 38.1 Å². The van der Waals surface area contributed by atoms with E-state index in [-0.39, 0.29) is 5.91 Å². The standard InChI is InChI=1S/C12H15ClN2OS/c1-9(2)14-15-12(16)8-17-7-10-5-3-4-6-11(10)13/h3-6H,7-8H2,1-2H3,(H,15,16). The van der Waals surface area contributed by atoms with Gasteiger partial charge in [-0.25, -0.2) is 5.43 Å². The Labute approximate surface area is 111 Å². The van der Waals surface area contributed by atoms with Crippen LogP contribution in [0.25, 0.3) is 0 Å². The molecule has 1 amide bonds. The Balaban J connectivity index is 2.31. The molecule has 0 bridgehead atoms. The van der Waals surface area contributed by atoms with Crippen LogP contribution in [-0.2, 0) is 10.5 Å². The van der Waals surface area contributed by atoms with E-state index in [4.69, 9.17) is 11.6 Å². The predicted molar refractivity (Wildman–Crippen MR) is 74.5 cm³/mol. The normalized spacial score (nSPS) is 9.82. The highest BCUT2D eigenvalue weighted by Gasteiger charge is 2.02. The number of hydrazone groups is 1. The van der Waals surface area contributed by atoms with Crippen LogP contribution in [-0.4, -0.2) is 17.4 Å². The van der Waals surface area contributed by atoms with Crippen LogP contribution in [0.5, 0.6) is 0 Å². The van der Waals surface area contributed by atoms with Crippen LogP contribution in [0.2, 0.25) is 5.02 Å². The van der Waals surface area contributed by atoms with Crippen LogP contribution < -0.4 is 5.43 Å². The first-order valence-electron chi connectivity index (χ1n) is 5.20. The molecule has 0 aromatic heterocycles. The maximum absolute atomic E-state index is 11.4. The first-order chi connectivity index (χ1) is 8.09. The van der Waals surface area contributed by atoms with Crippen LogP contribution in [0.3, 0.4) is 0 Å². The minimum atomic E-state index is -0.0942. The van der Waals surface area contributed by atoms with E-state index in [2.05, 4.69) is 10.5 Å². The van der Waals surface area contributed by atoms with Gasteiger partial charge in [0.15, 0.2) is 0 Å². The minimum absolute atomic E-state index is 0.0942. The van der Waals surface area contributed by atoms with Crippen molar-refractivity contribution in [2.24, 2.45) is 5.10 Å². The zero-order valence-corrected chi connectivity index (χ0v) is 11.4. The summed E-state index contributed by atoms with van der Waals surface area (Å²) in [5, 5.41) is 4.58. The summed E-state index contributed by atoms with van der Waals surface area (Å²) in [6.45, 7) is 3.66. The van der Waals surface area contributed by atoms with Crippen molar-refractivity contribution >= 4 is 35.0 Å². The lowest BCUT2D eigenvalue weighted by Gasteiger charge is -2.03. The molecule has 17 heavy (non-hydrogen) atoms. The molecule has 0 fully saturated rings. The molecule has 0 radical (unpaired) electrons. The van der Waals surface area contributed by atoms with Crippen molar-refractivity contribution in [3.8, 4) is 0 Å². The monoisotopic (exact) mass is 270 g/mol. The number of carbonyl (C=O) groups is 1. The highest BCUT2D eigenvalue weighted by Crippen LogP contribution is 2.20. The molecule has 0 atom stereocenters. The molecule has 0 spiro atoms. The Morgan fingerprint density at radius 1 is 1.41 bits per heavy atom. The lowest BCUT2D eigenvalue weighted by molar-refractivity contribution is -0.118.